The highest BCUT2D eigenvalue weighted by Crippen LogP contribution is 2.17. The monoisotopic (exact) mass is 1070 g/mol. The molecule has 0 fully saturated rings. The van der Waals surface area contributed by atoms with Crippen molar-refractivity contribution in [3.63, 3.8) is 0 Å². The largest absolute Gasteiger partial charge is 0.462 e. The maximum absolute atomic E-state index is 12.9. The standard InChI is InChI=1S/C71H126O6/c1-4-7-10-13-16-19-22-25-27-28-29-30-31-32-33-34-35-36-37-38-39-40-41-42-44-46-49-52-55-58-61-64-70(73)76-67-68(66-75-69(72)63-60-57-54-51-48-45-24-21-18-15-12-9-6-3)77-71(74)65-62-59-56-53-50-47-43-26-23-20-17-14-11-8-5-2/h17,20-22,24-26,28-29,31-32,43,68H,4-16,18-19,23,27,30,33-42,44-67H2,1-3H3/b20-17-,24-21-,25-22-,29-28-,32-31-,43-26-. The zero-order valence-corrected chi connectivity index (χ0v) is 51.2. The third kappa shape index (κ3) is 63.6. The third-order valence-corrected chi connectivity index (χ3v) is 14.7. The quantitative estimate of drug-likeness (QED) is 0.0261. The maximum Gasteiger partial charge on any atom is 0.306 e. The number of hydrogen-bond acceptors (Lipinski definition) is 6. The molecule has 6 nitrogen and oxygen atoms in total. The summed E-state index contributed by atoms with van der Waals surface area (Å²) in [5, 5.41) is 0. The molecule has 446 valence electrons. The van der Waals surface area contributed by atoms with E-state index >= 15 is 0 Å². The van der Waals surface area contributed by atoms with Gasteiger partial charge in [0, 0.05) is 19.3 Å². The van der Waals surface area contributed by atoms with E-state index in [1.165, 1.54) is 199 Å². The molecule has 0 amide bonds. The second-order valence-corrected chi connectivity index (χ2v) is 22.4. The average Bonchev–Trinajstić information content (AvgIpc) is 3.43. The fourth-order valence-corrected chi connectivity index (χ4v) is 9.59. The molecular formula is C71H126O6. The Bertz CT molecular complexity index is 1420. The molecule has 1 atom stereocenters. The van der Waals surface area contributed by atoms with E-state index in [2.05, 4.69) is 93.7 Å². The molecule has 0 heterocycles. The number of unbranched alkanes of at least 4 members (excludes halogenated alkanes) is 38. The van der Waals surface area contributed by atoms with E-state index in [0.717, 1.165) is 103 Å². The van der Waals surface area contributed by atoms with Gasteiger partial charge in [-0.1, -0.05) is 280 Å². The zero-order valence-electron chi connectivity index (χ0n) is 51.2. The van der Waals surface area contributed by atoms with Crippen molar-refractivity contribution in [3.8, 4) is 0 Å². The van der Waals surface area contributed by atoms with Gasteiger partial charge in [-0.05, 0) is 116 Å². The maximum atomic E-state index is 12.9. The molecule has 0 rings (SSSR count). The van der Waals surface area contributed by atoms with Gasteiger partial charge >= 0.3 is 17.9 Å². The van der Waals surface area contributed by atoms with Crippen molar-refractivity contribution in [1.82, 2.24) is 0 Å². The molecule has 0 bridgehead atoms. The van der Waals surface area contributed by atoms with Gasteiger partial charge in [0.05, 0.1) is 0 Å². The van der Waals surface area contributed by atoms with E-state index in [1.54, 1.807) is 0 Å². The van der Waals surface area contributed by atoms with E-state index < -0.39 is 6.10 Å². The number of allylic oxidation sites excluding steroid dienone is 12. The summed E-state index contributed by atoms with van der Waals surface area (Å²) in [6.07, 6.45) is 84.9. The van der Waals surface area contributed by atoms with Gasteiger partial charge in [-0.15, -0.1) is 0 Å². The molecule has 0 saturated carbocycles. The first-order chi connectivity index (χ1) is 38.0. The zero-order chi connectivity index (χ0) is 55.7. The molecule has 0 aliphatic rings. The van der Waals surface area contributed by atoms with Gasteiger partial charge in [-0.25, -0.2) is 0 Å². The van der Waals surface area contributed by atoms with Gasteiger partial charge in [0.1, 0.15) is 13.2 Å². The summed E-state index contributed by atoms with van der Waals surface area (Å²) in [5.74, 6) is -0.890. The summed E-state index contributed by atoms with van der Waals surface area (Å²) < 4.78 is 16.9. The number of rotatable bonds is 61. The second kappa shape index (κ2) is 65.4. The van der Waals surface area contributed by atoms with E-state index in [9.17, 15) is 14.4 Å². The van der Waals surface area contributed by atoms with Gasteiger partial charge in [-0.2, -0.15) is 0 Å². The molecule has 77 heavy (non-hydrogen) atoms. The van der Waals surface area contributed by atoms with Crippen molar-refractivity contribution in [2.45, 2.75) is 348 Å². The normalized spacial score (nSPS) is 12.5. The predicted molar refractivity (Wildman–Crippen MR) is 335 cm³/mol. The van der Waals surface area contributed by atoms with Crippen molar-refractivity contribution in [1.29, 1.82) is 0 Å². The lowest BCUT2D eigenvalue weighted by Gasteiger charge is -2.18. The van der Waals surface area contributed by atoms with Crippen LogP contribution in [-0.2, 0) is 28.6 Å². The Morgan fingerprint density at radius 2 is 0.468 bits per heavy atom. The molecular weight excluding hydrogens is 949 g/mol. The van der Waals surface area contributed by atoms with Crippen LogP contribution in [0.25, 0.3) is 0 Å². The minimum Gasteiger partial charge on any atom is -0.462 e. The van der Waals surface area contributed by atoms with Gasteiger partial charge < -0.3 is 14.2 Å². The topological polar surface area (TPSA) is 78.9 Å². The number of esters is 3. The van der Waals surface area contributed by atoms with Crippen LogP contribution in [0.5, 0.6) is 0 Å². The molecule has 0 radical (unpaired) electrons. The second-order valence-electron chi connectivity index (χ2n) is 22.4. The van der Waals surface area contributed by atoms with Crippen LogP contribution in [0.1, 0.15) is 342 Å². The van der Waals surface area contributed by atoms with Gasteiger partial charge in [-0.3, -0.25) is 14.4 Å². The summed E-state index contributed by atoms with van der Waals surface area (Å²) in [6, 6.07) is 0. The van der Waals surface area contributed by atoms with E-state index in [0.29, 0.717) is 19.3 Å². The first-order valence-corrected chi connectivity index (χ1v) is 33.4. The summed E-state index contributed by atoms with van der Waals surface area (Å²) in [5.41, 5.74) is 0. The van der Waals surface area contributed by atoms with Crippen LogP contribution in [0.15, 0.2) is 72.9 Å². The predicted octanol–water partition coefficient (Wildman–Crippen LogP) is 22.9. The SMILES string of the molecule is CCCCC/C=C\C/C=C\CCCCCCCC(=O)OC(COC(=O)CCCCCCC/C=C\CCCCCC)COC(=O)CCCCCCCCCCCCCCCCCC/C=C\C/C=C\C/C=C\CCCCCCC. The van der Waals surface area contributed by atoms with E-state index in [1.807, 2.05) is 0 Å². The molecule has 0 N–H and O–H groups in total. The first kappa shape index (κ1) is 73.8. The lowest BCUT2D eigenvalue weighted by Crippen LogP contribution is -2.30. The lowest BCUT2D eigenvalue weighted by atomic mass is 10.0. The Morgan fingerprint density at radius 1 is 0.260 bits per heavy atom. The number of carbonyl (C=O) groups excluding carboxylic acids is 3. The average molecular weight is 1080 g/mol. The Morgan fingerprint density at radius 3 is 0.779 bits per heavy atom. The number of carbonyl (C=O) groups is 3. The van der Waals surface area contributed by atoms with Crippen LogP contribution in [0.2, 0.25) is 0 Å². The van der Waals surface area contributed by atoms with Crippen molar-refractivity contribution in [2.24, 2.45) is 0 Å². The van der Waals surface area contributed by atoms with Crippen LogP contribution in [0, 0.1) is 0 Å². The van der Waals surface area contributed by atoms with Crippen molar-refractivity contribution >= 4 is 17.9 Å². The van der Waals surface area contributed by atoms with Crippen LogP contribution < -0.4 is 0 Å². The molecule has 0 aliphatic carbocycles. The van der Waals surface area contributed by atoms with E-state index in [-0.39, 0.29) is 31.1 Å². The smallest absolute Gasteiger partial charge is 0.306 e. The lowest BCUT2D eigenvalue weighted by molar-refractivity contribution is -0.167. The Balaban J connectivity index is 4.18. The molecule has 0 aromatic heterocycles. The Labute approximate surface area is 478 Å². The highest BCUT2D eigenvalue weighted by Gasteiger charge is 2.19. The van der Waals surface area contributed by atoms with Crippen LogP contribution in [-0.4, -0.2) is 37.2 Å². The van der Waals surface area contributed by atoms with Gasteiger partial charge in [0.25, 0.3) is 0 Å². The fourth-order valence-electron chi connectivity index (χ4n) is 9.59. The third-order valence-electron chi connectivity index (χ3n) is 14.7. The minimum atomic E-state index is -0.786. The van der Waals surface area contributed by atoms with Crippen molar-refractivity contribution < 1.29 is 28.6 Å². The number of ether oxygens (including phenoxy) is 3. The molecule has 0 saturated heterocycles. The van der Waals surface area contributed by atoms with Crippen molar-refractivity contribution in [3.05, 3.63) is 72.9 Å². The van der Waals surface area contributed by atoms with Gasteiger partial charge in [0.15, 0.2) is 6.10 Å². The van der Waals surface area contributed by atoms with E-state index in [4.69, 9.17) is 14.2 Å². The minimum absolute atomic E-state index is 0.0813. The highest BCUT2D eigenvalue weighted by molar-refractivity contribution is 5.71. The molecule has 0 aromatic carbocycles. The molecule has 1 unspecified atom stereocenters. The first-order valence-electron chi connectivity index (χ1n) is 33.4. The summed E-state index contributed by atoms with van der Waals surface area (Å²) >= 11 is 0. The number of hydrogen-bond donors (Lipinski definition) is 0. The van der Waals surface area contributed by atoms with Crippen LogP contribution in [0.3, 0.4) is 0 Å². The highest BCUT2D eigenvalue weighted by atomic mass is 16.6. The van der Waals surface area contributed by atoms with Crippen LogP contribution in [0.4, 0.5) is 0 Å². The van der Waals surface area contributed by atoms with Crippen molar-refractivity contribution in [2.75, 3.05) is 13.2 Å². The molecule has 0 aliphatic heterocycles. The Hall–Kier alpha value is -3.15. The van der Waals surface area contributed by atoms with Gasteiger partial charge in [0.2, 0.25) is 0 Å². The molecule has 0 aromatic rings. The summed E-state index contributed by atoms with van der Waals surface area (Å²) in [4.78, 5) is 38.3. The Kier molecular flexibility index (Phi) is 62.7. The summed E-state index contributed by atoms with van der Waals surface area (Å²) in [6.45, 7) is 6.60. The molecule has 6 heteroatoms. The fraction of sp³-hybridized carbons (Fsp3) is 0.789. The summed E-state index contributed by atoms with van der Waals surface area (Å²) in [7, 11) is 0. The van der Waals surface area contributed by atoms with Crippen LogP contribution >= 0.6 is 0 Å². The molecule has 0 spiro atoms.